The lowest BCUT2D eigenvalue weighted by molar-refractivity contribution is -0.0757. The fourth-order valence-corrected chi connectivity index (χ4v) is 1.47. The third-order valence-electron chi connectivity index (χ3n) is 2.47. The van der Waals surface area contributed by atoms with Crippen molar-refractivity contribution in [2.45, 2.75) is 0 Å². The van der Waals surface area contributed by atoms with Crippen LogP contribution >= 0.6 is 0 Å². The van der Waals surface area contributed by atoms with E-state index in [4.69, 9.17) is 19.0 Å². The fraction of sp³-hybridized carbons (Fsp3) is 0.417. The van der Waals surface area contributed by atoms with E-state index < -0.39 is 0 Å². The summed E-state index contributed by atoms with van der Waals surface area (Å²) in [5, 5.41) is 1.11. The first-order valence-electron chi connectivity index (χ1n) is 5.21. The fourth-order valence-electron chi connectivity index (χ4n) is 1.47. The highest BCUT2D eigenvalue weighted by atomic mass is 16.7. The molecule has 0 saturated carbocycles. The Labute approximate surface area is 106 Å². The van der Waals surface area contributed by atoms with E-state index in [1.807, 2.05) is 0 Å². The topological polar surface area (TPSA) is 57.2 Å². The van der Waals surface area contributed by atoms with Gasteiger partial charge in [-0.05, 0) is 12.1 Å². The maximum Gasteiger partial charge on any atom is 0.277 e. The number of hydroxylamine groups is 2. The van der Waals surface area contributed by atoms with Gasteiger partial charge < -0.3 is 14.2 Å². The van der Waals surface area contributed by atoms with Crippen molar-refractivity contribution < 1.29 is 23.8 Å². The summed E-state index contributed by atoms with van der Waals surface area (Å²) in [6, 6.07) is 3.14. The second-order valence-corrected chi connectivity index (χ2v) is 3.40. The number of nitrogens with zero attached hydrogens (tertiary/aromatic N) is 1. The lowest BCUT2D eigenvalue weighted by atomic mass is 10.1. The van der Waals surface area contributed by atoms with Crippen LogP contribution in [-0.4, -0.2) is 46.5 Å². The van der Waals surface area contributed by atoms with Crippen LogP contribution in [0.25, 0.3) is 0 Å². The Bertz CT molecular complexity index is 407. The molecule has 0 aliphatic rings. The second-order valence-electron chi connectivity index (χ2n) is 3.40. The normalized spacial score (nSPS) is 9.83. The molecule has 0 fully saturated rings. The highest BCUT2D eigenvalue weighted by Gasteiger charge is 2.19. The van der Waals surface area contributed by atoms with Gasteiger partial charge in [0, 0.05) is 12.6 Å². The number of carbonyl (C=O) groups excluding carboxylic acids is 1. The number of ether oxygens (including phenoxy) is 3. The molecule has 0 aliphatic carbocycles. The van der Waals surface area contributed by atoms with Crippen LogP contribution in [0.4, 0.5) is 0 Å². The maximum absolute atomic E-state index is 12.0. The van der Waals surface area contributed by atoms with Gasteiger partial charge in [-0.15, -0.1) is 0 Å². The molecule has 1 aromatic carbocycles. The Morgan fingerprint density at radius 3 is 1.83 bits per heavy atom. The molecule has 0 unspecified atom stereocenters. The average Bonchev–Trinajstić information content (AvgIpc) is 2.43. The van der Waals surface area contributed by atoms with Crippen LogP contribution in [-0.2, 0) is 4.84 Å². The highest BCUT2D eigenvalue weighted by molar-refractivity contribution is 5.94. The minimum absolute atomic E-state index is 0.309. The number of carbonyl (C=O) groups is 1. The van der Waals surface area contributed by atoms with Gasteiger partial charge in [-0.1, -0.05) is 0 Å². The molecule has 18 heavy (non-hydrogen) atoms. The largest absolute Gasteiger partial charge is 0.493 e. The van der Waals surface area contributed by atoms with Crippen molar-refractivity contribution in [3.63, 3.8) is 0 Å². The monoisotopic (exact) mass is 255 g/mol. The molecule has 1 amide bonds. The highest BCUT2D eigenvalue weighted by Crippen LogP contribution is 2.38. The van der Waals surface area contributed by atoms with Gasteiger partial charge in [0.2, 0.25) is 5.75 Å². The summed E-state index contributed by atoms with van der Waals surface area (Å²) < 4.78 is 15.5. The van der Waals surface area contributed by atoms with Crippen molar-refractivity contribution in [2.75, 3.05) is 35.5 Å². The molecule has 0 N–H and O–H groups in total. The van der Waals surface area contributed by atoms with Crippen LogP contribution in [0.1, 0.15) is 10.4 Å². The molecule has 0 spiro atoms. The van der Waals surface area contributed by atoms with Gasteiger partial charge in [-0.25, -0.2) is 5.06 Å². The van der Waals surface area contributed by atoms with Gasteiger partial charge >= 0.3 is 0 Å². The molecule has 6 heteroatoms. The van der Waals surface area contributed by atoms with Crippen LogP contribution in [0.15, 0.2) is 12.1 Å². The summed E-state index contributed by atoms with van der Waals surface area (Å²) in [6.07, 6.45) is 0. The number of rotatable bonds is 5. The first-order valence-corrected chi connectivity index (χ1v) is 5.21. The van der Waals surface area contributed by atoms with Gasteiger partial charge in [-0.3, -0.25) is 9.63 Å². The third-order valence-corrected chi connectivity index (χ3v) is 2.47. The van der Waals surface area contributed by atoms with E-state index in [9.17, 15) is 4.79 Å². The molecule has 100 valence electrons. The third kappa shape index (κ3) is 2.65. The van der Waals surface area contributed by atoms with E-state index in [2.05, 4.69) is 0 Å². The first kappa shape index (κ1) is 14.1. The standard InChI is InChI=1S/C12H17NO5/c1-13(18-5)12(14)8-6-9(15-2)11(17-4)10(7-8)16-3/h6-7H,1-5H3. The van der Waals surface area contributed by atoms with E-state index in [0.29, 0.717) is 22.8 Å². The quantitative estimate of drug-likeness (QED) is 0.743. The van der Waals surface area contributed by atoms with E-state index in [1.165, 1.54) is 35.5 Å². The minimum atomic E-state index is -0.309. The smallest absolute Gasteiger partial charge is 0.277 e. The second kappa shape index (κ2) is 6.11. The maximum atomic E-state index is 12.0. The summed E-state index contributed by atoms with van der Waals surface area (Å²) in [6.45, 7) is 0. The van der Waals surface area contributed by atoms with E-state index in [-0.39, 0.29) is 5.91 Å². The number of benzene rings is 1. The average molecular weight is 255 g/mol. The van der Waals surface area contributed by atoms with Crippen molar-refractivity contribution in [1.82, 2.24) is 5.06 Å². The van der Waals surface area contributed by atoms with Crippen molar-refractivity contribution in [1.29, 1.82) is 0 Å². The molecule has 0 radical (unpaired) electrons. The molecular weight excluding hydrogens is 238 g/mol. The predicted octanol–water partition coefficient (Wildman–Crippen LogP) is 1.35. The van der Waals surface area contributed by atoms with Crippen molar-refractivity contribution in [3.8, 4) is 17.2 Å². The van der Waals surface area contributed by atoms with Crippen LogP contribution in [0, 0.1) is 0 Å². The Hall–Kier alpha value is -1.95. The zero-order valence-electron chi connectivity index (χ0n) is 11.1. The SMILES string of the molecule is COc1cc(C(=O)N(C)OC)cc(OC)c1OC. The summed E-state index contributed by atoms with van der Waals surface area (Å²) >= 11 is 0. The van der Waals surface area contributed by atoms with Crippen molar-refractivity contribution in [3.05, 3.63) is 17.7 Å². The van der Waals surface area contributed by atoms with Crippen LogP contribution < -0.4 is 14.2 Å². The van der Waals surface area contributed by atoms with Gasteiger partial charge in [0.25, 0.3) is 5.91 Å². The molecular formula is C12H17NO5. The zero-order chi connectivity index (χ0) is 13.7. The molecule has 6 nitrogen and oxygen atoms in total. The molecule has 1 aromatic rings. The Balaban J connectivity index is 3.27. The zero-order valence-corrected chi connectivity index (χ0v) is 11.1. The van der Waals surface area contributed by atoms with E-state index in [0.717, 1.165) is 5.06 Å². The minimum Gasteiger partial charge on any atom is -0.493 e. The summed E-state index contributed by atoms with van der Waals surface area (Å²) in [5.74, 6) is 0.975. The molecule has 0 aromatic heterocycles. The van der Waals surface area contributed by atoms with Crippen molar-refractivity contribution in [2.24, 2.45) is 0 Å². The molecule has 0 atom stereocenters. The number of hydrogen-bond donors (Lipinski definition) is 0. The summed E-state index contributed by atoms with van der Waals surface area (Å²) in [7, 11) is 7.42. The Morgan fingerprint density at radius 2 is 1.50 bits per heavy atom. The summed E-state index contributed by atoms with van der Waals surface area (Å²) in [5.41, 5.74) is 0.383. The molecule has 0 heterocycles. The molecule has 0 saturated heterocycles. The van der Waals surface area contributed by atoms with Gasteiger partial charge in [0.05, 0.1) is 28.4 Å². The Morgan fingerprint density at radius 1 is 1.00 bits per heavy atom. The van der Waals surface area contributed by atoms with Crippen LogP contribution in [0.2, 0.25) is 0 Å². The van der Waals surface area contributed by atoms with Gasteiger partial charge in [-0.2, -0.15) is 0 Å². The molecule has 1 rings (SSSR count). The first-order chi connectivity index (χ1) is 8.58. The number of methoxy groups -OCH3 is 3. The predicted molar refractivity (Wildman–Crippen MR) is 65.2 cm³/mol. The van der Waals surface area contributed by atoms with Crippen molar-refractivity contribution >= 4 is 5.91 Å². The number of amides is 1. The van der Waals surface area contributed by atoms with E-state index in [1.54, 1.807) is 12.1 Å². The van der Waals surface area contributed by atoms with E-state index >= 15 is 0 Å². The lowest BCUT2D eigenvalue weighted by Crippen LogP contribution is -2.25. The van der Waals surface area contributed by atoms with Crippen LogP contribution in [0.3, 0.4) is 0 Å². The Kier molecular flexibility index (Phi) is 4.79. The molecule has 0 aliphatic heterocycles. The lowest BCUT2D eigenvalue weighted by Gasteiger charge is -2.17. The summed E-state index contributed by atoms with van der Waals surface area (Å²) in [4.78, 5) is 16.8. The molecule has 0 bridgehead atoms. The number of hydrogen-bond acceptors (Lipinski definition) is 5. The van der Waals surface area contributed by atoms with Gasteiger partial charge in [0.15, 0.2) is 11.5 Å². The van der Waals surface area contributed by atoms with Crippen LogP contribution in [0.5, 0.6) is 17.2 Å². The van der Waals surface area contributed by atoms with Gasteiger partial charge in [0.1, 0.15) is 0 Å².